The van der Waals surface area contributed by atoms with Crippen molar-refractivity contribution in [2.45, 2.75) is 386 Å². The molecule has 0 aliphatic heterocycles. The van der Waals surface area contributed by atoms with Crippen molar-refractivity contribution in [2.24, 2.45) is 0 Å². The molecule has 91 heavy (non-hydrogen) atoms. The van der Waals surface area contributed by atoms with Crippen LogP contribution in [0.15, 0.2) is 72.9 Å². The maximum atomic E-state index is 13.0. The summed E-state index contributed by atoms with van der Waals surface area (Å²) in [5, 5.41) is 9.77. The van der Waals surface area contributed by atoms with E-state index in [9.17, 15) is 19.5 Å². The number of allylic oxidation sites excluding steroid dienone is 12. The summed E-state index contributed by atoms with van der Waals surface area (Å²) in [5.74, 6) is -1.98. The standard InChI is InChI=1S/C82H149NO8/c1-6-8-10-12-14-16-18-20-22-24-26-28-30-32-34-36-37-38-39-40-41-42-43-45-47-49-51-53-55-57-59-61-63-65-67-69-71-73-80(85)91-78(77-90-82(81(86)87)88-75-74-83(3,4)5)76-89-79(84)72-70-68-66-64-62-60-58-56-54-52-50-48-46-44-35-33-31-29-27-25-23-21-19-17-15-13-11-9-7-2/h8,10,14,16,20,22,25-28,32,34,78,82H,6-7,9,11-13,15,17-19,21,23-24,29-31,33,35-77H2,1-5H3/p+1/b10-8-,16-14-,22-20-,27-25-,28-26-,34-32-. The van der Waals surface area contributed by atoms with Crippen LogP contribution in [0.4, 0.5) is 0 Å². The number of carbonyl (C=O) groups is 3. The molecule has 1 N–H and O–H groups in total. The quantitative estimate of drug-likeness (QED) is 0.0211. The van der Waals surface area contributed by atoms with Gasteiger partial charge in [-0.2, -0.15) is 0 Å². The molecule has 0 rings (SSSR count). The molecular weight excluding hydrogens is 1130 g/mol. The zero-order chi connectivity index (χ0) is 66.1. The molecule has 0 saturated heterocycles. The molecule has 9 heteroatoms. The number of hydrogen-bond acceptors (Lipinski definition) is 7. The monoisotopic (exact) mass is 1280 g/mol. The summed E-state index contributed by atoms with van der Waals surface area (Å²) < 4.78 is 23.1. The zero-order valence-electron chi connectivity index (χ0n) is 60.8. The van der Waals surface area contributed by atoms with Crippen LogP contribution < -0.4 is 0 Å². The van der Waals surface area contributed by atoms with Crippen LogP contribution in [0.25, 0.3) is 0 Å². The minimum absolute atomic E-state index is 0.178. The third kappa shape index (κ3) is 74.0. The van der Waals surface area contributed by atoms with Crippen LogP contribution in [0.5, 0.6) is 0 Å². The first kappa shape index (κ1) is 87.7. The lowest BCUT2D eigenvalue weighted by Gasteiger charge is -2.25. The highest BCUT2D eigenvalue weighted by atomic mass is 16.7. The lowest BCUT2D eigenvalue weighted by Crippen LogP contribution is -2.40. The van der Waals surface area contributed by atoms with Crippen molar-refractivity contribution in [2.75, 3.05) is 47.5 Å². The average Bonchev–Trinajstić information content (AvgIpc) is 3.50. The highest BCUT2D eigenvalue weighted by Gasteiger charge is 2.25. The van der Waals surface area contributed by atoms with Gasteiger partial charge in [-0.3, -0.25) is 9.59 Å². The maximum absolute atomic E-state index is 13.0. The van der Waals surface area contributed by atoms with Gasteiger partial charge in [0, 0.05) is 12.8 Å². The van der Waals surface area contributed by atoms with E-state index >= 15 is 0 Å². The number of aliphatic carboxylic acids is 1. The second kappa shape index (κ2) is 72.6. The van der Waals surface area contributed by atoms with Crippen LogP contribution in [0, 0.1) is 0 Å². The van der Waals surface area contributed by atoms with Gasteiger partial charge in [0.05, 0.1) is 34.4 Å². The first-order valence-electron chi connectivity index (χ1n) is 39.1. The molecule has 0 aromatic carbocycles. The fourth-order valence-corrected chi connectivity index (χ4v) is 11.5. The minimum atomic E-state index is -1.51. The van der Waals surface area contributed by atoms with Crippen molar-refractivity contribution in [1.29, 1.82) is 0 Å². The van der Waals surface area contributed by atoms with E-state index in [-0.39, 0.29) is 38.2 Å². The second-order valence-corrected chi connectivity index (χ2v) is 27.6. The van der Waals surface area contributed by atoms with Gasteiger partial charge in [-0.25, -0.2) is 4.79 Å². The van der Waals surface area contributed by atoms with Crippen LogP contribution in [0.1, 0.15) is 373 Å². The molecule has 0 amide bonds. The summed E-state index contributed by atoms with van der Waals surface area (Å²) in [7, 11) is 5.99. The van der Waals surface area contributed by atoms with E-state index in [2.05, 4.69) is 86.8 Å². The number of carboxylic acids is 1. The van der Waals surface area contributed by atoms with E-state index in [0.717, 1.165) is 70.6 Å². The van der Waals surface area contributed by atoms with Gasteiger partial charge in [0.25, 0.3) is 6.29 Å². The SMILES string of the molecule is CC/C=C\C/C=C\C/C=C\C/C=C\C/C=C\CCCCCCCCCCCCCCCCCCCCCCCC(=O)OC(COC(=O)CCCCCCCCCCCCCCCCCCC/C=C\CCCCCCCCCC)COC(OCC[N+](C)(C)C)C(=O)O. The lowest BCUT2D eigenvalue weighted by atomic mass is 10.0. The number of esters is 2. The van der Waals surface area contributed by atoms with Gasteiger partial charge in [-0.1, -0.05) is 350 Å². The van der Waals surface area contributed by atoms with Crippen LogP contribution in [0.3, 0.4) is 0 Å². The van der Waals surface area contributed by atoms with E-state index in [1.54, 1.807) is 0 Å². The molecular formula is C82H150NO8+. The van der Waals surface area contributed by atoms with Crippen molar-refractivity contribution in [1.82, 2.24) is 0 Å². The fourth-order valence-electron chi connectivity index (χ4n) is 11.5. The minimum Gasteiger partial charge on any atom is -0.477 e. The molecule has 2 atom stereocenters. The van der Waals surface area contributed by atoms with E-state index in [0.29, 0.717) is 17.4 Å². The number of ether oxygens (including phenoxy) is 4. The average molecular weight is 1280 g/mol. The van der Waals surface area contributed by atoms with E-state index in [4.69, 9.17) is 18.9 Å². The smallest absolute Gasteiger partial charge is 0.361 e. The number of carboxylic acid groups (broad SMARTS) is 1. The second-order valence-electron chi connectivity index (χ2n) is 27.6. The number of hydrogen-bond donors (Lipinski definition) is 1. The Balaban J connectivity index is 4.00. The van der Waals surface area contributed by atoms with Crippen LogP contribution in [0.2, 0.25) is 0 Å². The Bertz CT molecular complexity index is 1730. The number of quaternary nitrogens is 1. The summed E-state index contributed by atoms with van der Waals surface area (Å²) in [6.07, 6.45) is 94.8. The normalized spacial score (nSPS) is 13.0. The van der Waals surface area contributed by atoms with Gasteiger partial charge in [-0.05, 0) is 83.5 Å². The Morgan fingerprint density at radius 3 is 0.945 bits per heavy atom. The van der Waals surface area contributed by atoms with Gasteiger partial charge >= 0.3 is 17.9 Å². The van der Waals surface area contributed by atoms with Crippen LogP contribution in [-0.4, -0.2) is 87.4 Å². The highest BCUT2D eigenvalue weighted by Crippen LogP contribution is 2.19. The summed E-state index contributed by atoms with van der Waals surface area (Å²) in [6.45, 7) is 4.83. The van der Waals surface area contributed by atoms with Crippen molar-refractivity contribution in [3.8, 4) is 0 Å². The Hall–Kier alpha value is -3.27. The van der Waals surface area contributed by atoms with Crippen LogP contribution >= 0.6 is 0 Å². The Kier molecular flexibility index (Phi) is 69.9. The van der Waals surface area contributed by atoms with Gasteiger partial charge in [-0.15, -0.1) is 0 Å². The summed E-state index contributed by atoms with van der Waals surface area (Å²) in [4.78, 5) is 37.7. The Labute approximate surface area is 564 Å². The Morgan fingerprint density at radius 1 is 0.341 bits per heavy atom. The Morgan fingerprint density at radius 2 is 0.626 bits per heavy atom. The first-order valence-corrected chi connectivity index (χ1v) is 39.1. The molecule has 0 bridgehead atoms. The number of unbranched alkanes of at least 4 members (excludes halogenated alkanes) is 46. The lowest BCUT2D eigenvalue weighted by molar-refractivity contribution is -0.870. The molecule has 0 aliphatic carbocycles. The van der Waals surface area contributed by atoms with E-state index in [1.165, 1.54) is 276 Å². The van der Waals surface area contributed by atoms with Gasteiger partial charge in [0.1, 0.15) is 13.2 Å². The first-order chi connectivity index (χ1) is 44.6. The molecule has 0 aliphatic rings. The molecule has 2 unspecified atom stereocenters. The molecule has 0 spiro atoms. The summed E-state index contributed by atoms with van der Waals surface area (Å²) >= 11 is 0. The topological polar surface area (TPSA) is 108 Å². The third-order valence-corrected chi connectivity index (χ3v) is 17.4. The number of rotatable bonds is 73. The van der Waals surface area contributed by atoms with Crippen molar-refractivity contribution < 1.29 is 42.9 Å². The van der Waals surface area contributed by atoms with Gasteiger partial charge in [0.15, 0.2) is 6.10 Å². The predicted molar refractivity (Wildman–Crippen MR) is 392 cm³/mol. The van der Waals surface area contributed by atoms with Crippen LogP contribution in [-0.2, 0) is 33.3 Å². The number of carbonyl (C=O) groups excluding carboxylic acids is 2. The predicted octanol–water partition coefficient (Wildman–Crippen LogP) is 24.8. The van der Waals surface area contributed by atoms with Gasteiger partial charge in [0.2, 0.25) is 0 Å². The van der Waals surface area contributed by atoms with Gasteiger partial charge < -0.3 is 28.5 Å². The van der Waals surface area contributed by atoms with Crippen molar-refractivity contribution in [3.05, 3.63) is 72.9 Å². The zero-order valence-corrected chi connectivity index (χ0v) is 60.8. The number of likely N-dealkylation sites (N-methyl/N-ethyl adjacent to an activating group) is 1. The third-order valence-electron chi connectivity index (χ3n) is 17.4. The largest absolute Gasteiger partial charge is 0.477 e. The van der Waals surface area contributed by atoms with E-state index in [1.807, 2.05) is 21.1 Å². The molecule has 0 aromatic rings. The van der Waals surface area contributed by atoms with Crippen molar-refractivity contribution >= 4 is 17.9 Å². The highest BCUT2D eigenvalue weighted by molar-refractivity contribution is 5.71. The molecule has 0 aromatic heterocycles. The molecule has 9 nitrogen and oxygen atoms in total. The maximum Gasteiger partial charge on any atom is 0.361 e. The molecule has 0 saturated carbocycles. The van der Waals surface area contributed by atoms with E-state index < -0.39 is 18.4 Å². The summed E-state index contributed by atoms with van der Waals surface area (Å²) in [5.41, 5.74) is 0. The molecule has 530 valence electrons. The summed E-state index contributed by atoms with van der Waals surface area (Å²) in [6, 6.07) is 0. The molecule has 0 radical (unpaired) electrons. The molecule has 0 heterocycles. The fraction of sp³-hybridized carbons (Fsp3) is 0.817. The molecule has 0 fully saturated rings. The number of nitrogens with zero attached hydrogens (tertiary/aromatic N) is 1. The van der Waals surface area contributed by atoms with Crippen molar-refractivity contribution in [3.63, 3.8) is 0 Å².